The van der Waals surface area contributed by atoms with Gasteiger partial charge in [-0.3, -0.25) is 9.59 Å². The molecule has 3 aromatic carbocycles. The van der Waals surface area contributed by atoms with E-state index >= 15 is 0 Å². The van der Waals surface area contributed by atoms with Crippen molar-refractivity contribution in [3.8, 4) is 11.3 Å². The van der Waals surface area contributed by atoms with Crippen LogP contribution >= 0.6 is 11.6 Å². The normalized spacial score (nSPS) is 14.7. The average molecular weight is 453 g/mol. The van der Waals surface area contributed by atoms with Crippen LogP contribution in [0, 0.1) is 0 Å². The number of carbonyl (C=O) groups excluding carboxylic acids is 2. The summed E-state index contributed by atoms with van der Waals surface area (Å²) in [5.41, 5.74) is 3.69. The van der Waals surface area contributed by atoms with Gasteiger partial charge in [0.1, 0.15) is 11.5 Å². The van der Waals surface area contributed by atoms with Gasteiger partial charge >= 0.3 is 0 Å². The van der Waals surface area contributed by atoms with Crippen LogP contribution in [0.5, 0.6) is 0 Å². The molecule has 0 aliphatic heterocycles. The van der Waals surface area contributed by atoms with E-state index in [1.54, 1.807) is 18.2 Å². The number of carbonyl (C=O) groups is 2. The number of halogens is 1. The van der Waals surface area contributed by atoms with E-state index in [0.29, 0.717) is 45.3 Å². The number of fused-ring (bicyclic) bond motifs is 3. The second kappa shape index (κ2) is 7.32. The van der Waals surface area contributed by atoms with E-state index in [2.05, 4.69) is 24.3 Å². The third kappa shape index (κ3) is 3.14. The molecule has 1 aliphatic carbocycles. The molecule has 5 aromatic rings. The van der Waals surface area contributed by atoms with Crippen LogP contribution in [0.1, 0.15) is 39.0 Å². The maximum absolute atomic E-state index is 12.9. The van der Waals surface area contributed by atoms with Crippen molar-refractivity contribution in [2.45, 2.75) is 13.3 Å². The van der Waals surface area contributed by atoms with Gasteiger partial charge in [-0.2, -0.15) is 0 Å². The van der Waals surface area contributed by atoms with Gasteiger partial charge in [-0.1, -0.05) is 54.9 Å². The fraction of sp³-hybridized carbons (Fsp3) is 0.0714. The number of aryl methyl sites for hydroxylation is 1. The number of Topliss-reactive ketones (excluding diaryl/α,β-unsaturated/α-hetero) is 2. The standard InChI is InChI=1S/C28H17ClO4/c1-2-15-10-20-21(13-23(15)29)28(31)22(27(20)30)11-19-12-25-26(32-19)14-24(33-25)18-8-7-16-5-3-4-6-17(16)9-18/h3-14H,2H2,1H3/b22-11+. The third-order valence-corrected chi connectivity index (χ3v) is 6.44. The first-order chi connectivity index (χ1) is 16.0. The summed E-state index contributed by atoms with van der Waals surface area (Å²) >= 11 is 6.25. The van der Waals surface area contributed by atoms with Gasteiger partial charge in [-0.25, -0.2) is 0 Å². The molecule has 0 saturated heterocycles. The van der Waals surface area contributed by atoms with E-state index in [-0.39, 0.29) is 17.1 Å². The van der Waals surface area contributed by atoms with Gasteiger partial charge in [0.25, 0.3) is 0 Å². The highest BCUT2D eigenvalue weighted by Gasteiger charge is 2.34. The number of furan rings is 2. The van der Waals surface area contributed by atoms with Crippen molar-refractivity contribution < 1.29 is 18.4 Å². The molecule has 0 bridgehead atoms. The van der Waals surface area contributed by atoms with Gasteiger partial charge in [0, 0.05) is 33.8 Å². The Morgan fingerprint density at radius 2 is 1.55 bits per heavy atom. The molecule has 2 heterocycles. The minimum absolute atomic E-state index is 0.0699. The average Bonchev–Trinajstić information content (AvgIpc) is 3.45. The molecule has 0 atom stereocenters. The molecule has 33 heavy (non-hydrogen) atoms. The SMILES string of the molecule is CCc1cc2c(cc1Cl)C(=O)/C(=C/c1cc3oc(-c4ccc5ccccc5c4)cc3o1)C2=O. The zero-order valence-electron chi connectivity index (χ0n) is 17.6. The number of benzene rings is 3. The maximum Gasteiger partial charge on any atom is 0.197 e. The van der Waals surface area contributed by atoms with Crippen molar-refractivity contribution in [3.63, 3.8) is 0 Å². The zero-order chi connectivity index (χ0) is 22.7. The topological polar surface area (TPSA) is 60.4 Å². The van der Waals surface area contributed by atoms with Crippen molar-refractivity contribution in [1.29, 1.82) is 0 Å². The van der Waals surface area contributed by atoms with Crippen LogP contribution < -0.4 is 0 Å². The van der Waals surface area contributed by atoms with Crippen molar-refractivity contribution in [1.82, 2.24) is 0 Å². The highest BCUT2D eigenvalue weighted by atomic mass is 35.5. The molecule has 0 amide bonds. The van der Waals surface area contributed by atoms with E-state index in [9.17, 15) is 9.59 Å². The molecular formula is C28H17ClO4. The zero-order valence-corrected chi connectivity index (χ0v) is 18.4. The molecule has 4 nitrogen and oxygen atoms in total. The van der Waals surface area contributed by atoms with Gasteiger partial charge in [-0.05, 0) is 47.0 Å². The first-order valence-electron chi connectivity index (χ1n) is 10.7. The Morgan fingerprint density at radius 1 is 0.818 bits per heavy atom. The fourth-order valence-corrected chi connectivity index (χ4v) is 4.64. The molecule has 6 rings (SSSR count). The third-order valence-electron chi connectivity index (χ3n) is 6.09. The van der Waals surface area contributed by atoms with Crippen LogP contribution in [0.2, 0.25) is 5.02 Å². The van der Waals surface area contributed by atoms with E-state index in [4.69, 9.17) is 20.4 Å². The largest absolute Gasteiger partial charge is 0.453 e. The summed E-state index contributed by atoms with van der Waals surface area (Å²) in [7, 11) is 0. The summed E-state index contributed by atoms with van der Waals surface area (Å²) in [4.78, 5) is 25.7. The summed E-state index contributed by atoms with van der Waals surface area (Å²) in [6.45, 7) is 1.95. The second-order valence-corrected chi connectivity index (χ2v) is 8.52. The van der Waals surface area contributed by atoms with Crippen LogP contribution in [0.25, 0.3) is 39.3 Å². The van der Waals surface area contributed by atoms with Gasteiger partial charge in [0.2, 0.25) is 0 Å². The Labute approximate surface area is 194 Å². The van der Waals surface area contributed by atoms with Crippen molar-refractivity contribution in [2.75, 3.05) is 0 Å². The molecule has 0 fully saturated rings. The number of rotatable bonds is 3. The van der Waals surface area contributed by atoms with Crippen LogP contribution in [0.3, 0.4) is 0 Å². The number of allylic oxidation sites excluding steroid dienone is 1. The highest BCUT2D eigenvalue weighted by Crippen LogP contribution is 2.35. The lowest BCUT2D eigenvalue weighted by atomic mass is 10.0. The van der Waals surface area contributed by atoms with Crippen LogP contribution in [0.4, 0.5) is 0 Å². The first-order valence-corrected chi connectivity index (χ1v) is 11.1. The summed E-state index contributed by atoms with van der Waals surface area (Å²) in [5, 5.41) is 2.78. The summed E-state index contributed by atoms with van der Waals surface area (Å²) in [5.74, 6) is 0.423. The van der Waals surface area contributed by atoms with Gasteiger partial charge in [0.15, 0.2) is 22.7 Å². The number of ketones is 2. The Morgan fingerprint density at radius 3 is 2.30 bits per heavy atom. The molecule has 0 unspecified atom stereocenters. The Hall–Kier alpha value is -3.89. The van der Waals surface area contributed by atoms with E-state index in [0.717, 1.165) is 21.9 Å². The molecule has 0 saturated carbocycles. The smallest absolute Gasteiger partial charge is 0.197 e. The lowest BCUT2D eigenvalue weighted by Crippen LogP contribution is -1.99. The molecule has 160 valence electrons. The minimum Gasteiger partial charge on any atom is -0.453 e. The van der Waals surface area contributed by atoms with E-state index in [1.807, 2.05) is 31.2 Å². The fourth-order valence-electron chi connectivity index (χ4n) is 4.34. The molecule has 2 aromatic heterocycles. The van der Waals surface area contributed by atoms with E-state index < -0.39 is 0 Å². The van der Waals surface area contributed by atoms with Crippen molar-refractivity contribution >= 4 is 51.2 Å². The summed E-state index contributed by atoms with van der Waals surface area (Å²) in [6, 6.07) is 21.1. The Kier molecular flexibility index (Phi) is 4.39. The Bertz CT molecular complexity index is 1620. The summed E-state index contributed by atoms with van der Waals surface area (Å²) in [6.07, 6.45) is 2.16. The second-order valence-electron chi connectivity index (χ2n) is 8.11. The highest BCUT2D eigenvalue weighted by molar-refractivity contribution is 6.42. The maximum atomic E-state index is 12.9. The van der Waals surface area contributed by atoms with Gasteiger partial charge in [0.05, 0.1) is 5.57 Å². The van der Waals surface area contributed by atoms with Crippen LogP contribution in [0.15, 0.2) is 81.1 Å². The monoisotopic (exact) mass is 452 g/mol. The lowest BCUT2D eigenvalue weighted by Gasteiger charge is -2.03. The molecule has 0 N–H and O–H groups in total. The summed E-state index contributed by atoms with van der Waals surface area (Å²) < 4.78 is 11.9. The quantitative estimate of drug-likeness (QED) is 0.210. The molecule has 1 aliphatic rings. The van der Waals surface area contributed by atoms with Gasteiger partial charge in [-0.15, -0.1) is 0 Å². The molecule has 0 spiro atoms. The van der Waals surface area contributed by atoms with Crippen LogP contribution in [-0.2, 0) is 6.42 Å². The molecular weight excluding hydrogens is 436 g/mol. The predicted octanol–water partition coefficient (Wildman–Crippen LogP) is 7.52. The Balaban J connectivity index is 1.35. The minimum atomic E-state index is -0.343. The van der Waals surface area contributed by atoms with Gasteiger partial charge < -0.3 is 8.83 Å². The molecule has 0 radical (unpaired) electrons. The van der Waals surface area contributed by atoms with Crippen LogP contribution in [-0.4, -0.2) is 11.6 Å². The number of hydrogen-bond acceptors (Lipinski definition) is 4. The van der Waals surface area contributed by atoms with Crippen molar-refractivity contribution in [3.05, 3.63) is 99.8 Å². The lowest BCUT2D eigenvalue weighted by molar-refractivity contribution is 0.0990. The number of hydrogen-bond donors (Lipinski definition) is 0. The predicted molar refractivity (Wildman–Crippen MR) is 129 cm³/mol. The molecule has 5 heteroatoms. The van der Waals surface area contributed by atoms with E-state index in [1.165, 1.54) is 6.08 Å². The van der Waals surface area contributed by atoms with Crippen molar-refractivity contribution in [2.24, 2.45) is 0 Å². The first kappa shape index (κ1) is 19.8.